The Bertz CT molecular complexity index is 1290. The van der Waals surface area contributed by atoms with Gasteiger partial charge < -0.3 is 23.7 Å². The number of benzene rings is 2. The molecule has 5 rings (SSSR count). The van der Waals surface area contributed by atoms with E-state index in [0.29, 0.717) is 48.9 Å². The van der Waals surface area contributed by atoms with Gasteiger partial charge >= 0.3 is 6.09 Å². The van der Waals surface area contributed by atoms with E-state index in [1.54, 1.807) is 30.1 Å². The molecule has 1 aromatic heterocycles. The van der Waals surface area contributed by atoms with Crippen LogP contribution >= 0.6 is 12.2 Å². The molecule has 0 saturated carbocycles. The predicted molar refractivity (Wildman–Crippen MR) is 136 cm³/mol. The lowest BCUT2D eigenvalue weighted by atomic mass is 10.2. The second-order valence-electron chi connectivity index (χ2n) is 8.59. The molecule has 0 bridgehead atoms. The molecule has 0 aliphatic carbocycles. The molecule has 0 spiro atoms. The maximum atomic E-state index is 15.1. The molecule has 2 aromatic carbocycles. The zero-order valence-corrected chi connectivity index (χ0v) is 20.7. The van der Waals surface area contributed by atoms with Crippen LogP contribution in [0.1, 0.15) is 10.6 Å². The molecule has 9 nitrogen and oxygen atoms in total. The van der Waals surface area contributed by atoms with Crippen molar-refractivity contribution < 1.29 is 27.9 Å². The average molecular weight is 513 g/mol. The van der Waals surface area contributed by atoms with E-state index in [1.165, 1.54) is 23.0 Å². The highest BCUT2D eigenvalue weighted by Gasteiger charge is 2.36. The molecule has 2 aliphatic rings. The first-order valence-electron chi connectivity index (χ1n) is 11.5. The fourth-order valence-electron chi connectivity index (χ4n) is 4.44. The highest BCUT2D eigenvalue weighted by Crippen LogP contribution is 2.29. The maximum Gasteiger partial charge on any atom is 0.416 e. The third-order valence-electron chi connectivity index (χ3n) is 6.48. The van der Waals surface area contributed by atoms with Crippen LogP contribution in [0.3, 0.4) is 0 Å². The first kappa shape index (κ1) is 23.9. The third-order valence-corrected chi connectivity index (χ3v) is 6.93. The molecule has 188 valence electrons. The smallest absolute Gasteiger partial charge is 0.416 e. The molecular formula is C25H25FN4O5S. The summed E-state index contributed by atoms with van der Waals surface area (Å²) in [6, 6.07) is 13.9. The van der Waals surface area contributed by atoms with E-state index in [1.807, 2.05) is 29.2 Å². The third kappa shape index (κ3) is 4.41. The highest BCUT2D eigenvalue weighted by atomic mass is 32.1. The zero-order valence-electron chi connectivity index (χ0n) is 19.8. The van der Waals surface area contributed by atoms with Crippen molar-refractivity contribution in [1.29, 1.82) is 0 Å². The molecule has 11 heteroatoms. The van der Waals surface area contributed by atoms with Crippen LogP contribution in [-0.4, -0.2) is 80.1 Å². The number of methoxy groups -OCH3 is 1. The SMILES string of the molecule is COC(=S)N(C)C1CN(c2ccc(N3CCN(C(=O)c4cc5ccccc5o4)CC3)c(F)c2)C(=O)O1. The van der Waals surface area contributed by atoms with Gasteiger partial charge in [-0.3, -0.25) is 14.6 Å². The molecule has 2 saturated heterocycles. The lowest BCUT2D eigenvalue weighted by Crippen LogP contribution is -2.49. The molecule has 0 radical (unpaired) electrons. The van der Waals surface area contributed by atoms with Gasteiger partial charge in [0.2, 0.25) is 0 Å². The van der Waals surface area contributed by atoms with Crippen molar-refractivity contribution >= 4 is 51.7 Å². The van der Waals surface area contributed by atoms with E-state index in [4.69, 9.17) is 26.1 Å². The van der Waals surface area contributed by atoms with Crippen molar-refractivity contribution in [3.8, 4) is 0 Å². The Kier molecular flexibility index (Phi) is 6.40. The van der Waals surface area contributed by atoms with E-state index in [2.05, 4.69) is 0 Å². The zero-order chi connectivity index (χ0) is 25.4. The molecule has 1 unspecified atom stereocenters. The number of ether oxygens (including phenoxy) is 2. The van der Waals surface area contributed by atoms with Crippen molar-refractivity contribution in [1.82, 2.24) is 9.80 Å². The van der Waals surface area contributed by atoms with Gasteiger partial charge in [-0.1, -0.05) is 18.2 Å². The van der Waals surface area contributed by atoms with Crippen LogP contribution in [0.25, 0.3) is 11.0 Å². The number of nitrogens with zero attached hydrogens (tertiary/aromatic N) is 4. The minimum atomic E-state index is -0.634. The molecule has 3 heterocycles. The second-order valence-corrected chi connectivity index (χ2v) is 8.94. The van der Waals surface area contributed by atoms with Gasteiger partial charge in [0, 0.05) is 38.6 Å². The Hall–Kier alpha value is -3.86. The van der Waals surface area contributed by atoms with Gasteiger partial charge in [0.1, 0.15) is 11.4 Å². The number of carbonyl (C=O) groups excluding carboxylic acids is 2. The Morgan fingerprint density at radius 1 is 1.14 bits per heavy atom. The van der Waals surface area contributed by atoms with Crippen LogP contribution < -0.4 is 9.80 Å². The topological polar surface area (TPSA) is 78.7 Å². The number of hydrogen-bond acceptors (Lipinski definition) is 7. The van der Waals surface area contributed by atoms with Crippen molar-refractivity contribution in [2.75, 3.05) is 56.7 Å². The van der Waals surface area contributed by atoms with Gasteiger partial charge in [0.05, 0.1) is 25.0 Å². The molecule has 36 heavy (non-hydrogen) atoms. The molecule has 0 N–H and O–H groups in total. The van der Waals surface area contributed by atoms with Crippen molar-refractivity contribution in [3.63, 3.8) is 0 Å². The first-order chi connectivity index (χ1) is 17.4. The lowest BCUT2D eigenvalue weighted by Gasteiger charge is -2.36. The predicted octanol–water partition coefficient (Wildman–Crippen LogP) is 3.68. The summed E-state index contributed by atoms with van der Waals surface area (Å²) in [7, 11) is 3.10. The van der Waals surface area contributed by atoms with Crippen LogP contribution in [0.2, 0.25) is 0 Å². The highest BCUT2D eigenvalue weighted by molar-refractivity contribution is 7.80. The van der Waals surface area contributed by atoms with Crippen LogP contribution in [0.15, 0.2) is 52.9 Å². The molecule has 3 aromatic rings. The van der Waals surface area contributed by atoms with E-state index in [9.17, 15) is 9.59 Å². The summed E-state index contributed by atoms with van der Waals surface area (Å²) in [5.74, 6) is -0.337. The summed E-state index contributed by atoms with van der Waals surface area (Å²) in [5, 5.41) is 1.07. The number of anilines is 2. The minimum Gasteiger partial charge on any atom is -0.474 e. The number of fused-ring (bicyclic) bond motifs is 1. The Morgan fingerprint density at radius 2 is 1.89 bits per heavy atom. The van der Waals surface area contributed by atoms with Crippen LogP contribution in [-0.2, 0) is 9.47 Å². The standard InChI is InChI=1S/C25H25FN4O5S/c1-27(25(36)33-2)22-15-30(24(32)35-22)17-7-8-19(18(26)14-17)28-9-11-29(12-10-28)23(31)21-13-16-5-3-4-6-20(16)34-21/h3-8,13-14,22H,9-12,15H2,1-2H3. The summed E-state index contributed by atoms with van der Waals surface area (Å²) in [5.41, 5.74) is 1.47. The second kappa shape index (κ2) is 9.65. The summed E-state index contributed by atoms with van der Waals surface area (Å²) < 4.78 is 31.2. The fraction of sp³-hybridized carbons (Fsp3) is 0.320. The molecule has 2 aliphatic heterocycles. The first-order valence-corrected chi connectivity index (χ1v) is 11.9. The largest absolute Gasteiger partial charge is 0.474 e. The summed E-state index contributed by atoms with van der Waals surface area (Å²) in [6.45, 7) is 1.98. The van der Waals surface area contributed by atoms with Crippen molar-refractivity contribution in [2.45, 2.75) is 6.23 Å². The Morgan fingerprint density at radius 3 is 2.58 bits per heavy atom. The van der Waals surface area contributed by atoms with Gasteiger partial charge in [-0.05, 0) is 42.5 Å². The molecule has 2 amide bonds. The number of halogens is 1. The number of hydrogen-bond donors (Lipinski definition) is 0. The van der Waals surface area contributed by atoms with E-state index in [0.717, 1.165) is 5.39 Å². The number of amides is 2. The van der Waals surface area contributed by atoms with Gasteiger partial charge in [-0.25, -0.2) is 9.18 Å². The molecule has 2 fully saturated rings. The molecule has 1 atom stereocenters. The van der Waals surface area contributed by atoms with Crippen LogP contribution in [0.5, 0.6) is 0 Å². The molecular weight excluding hydrogens is 487 g/mol. The van der Waals surface area contributed by atoms with E-state index < -0.39 is 18.1 Å². The summed E-state index contributed by atoms with van der Waals surface area (Å²) in [4.78, 5) is 31.8. The van der Waals surface area contributed by atoms with Gasteiger partial charge in [-0.15, -0.1) is 0 Å². The Labute approximate surface area is 212 Å². The lowest BCUT2D eigenvalue weighted by molar-refractivity contribution is 0.0677. The monoisotopic (exact) mass is 512 g/mol. The van der Waals surface area contributed by atoms with E-state index in [-0.39, 0.29) is 17.6 Å². The normalized spacial score (nSPS) is 17.9. The quantitative estimate of drug-likeness (QED) is 0.490. The number of furan rings is 1. The Balaban J connectivity index is 1.23. The number of cyclic esters (lactones) is 1. The number of piperazine rings is 1. The fourth-order valence-corrected chi connectivity index (χ4v) is 4.55. The van der Waals surface area contributed by atoms with Crippen molar-refractivity contribution in [3.05, 3.63) is 60.1 Å². The number of likely N-dealkylation sites (N-methyl/N-ethyl adjacent to an activating group) is 1. The van der Waals surface area contributed by atoms with Gasteiger partial charge in [0.15, 0.2) is 12.0 Å². The number of thiocarbonyl (C=S) groups is 1. The average Bonchev–Trinajstić information content (AvgIpc) is 3.51. The van der Waals surface area contributed by atoms with Crippen molar-refractivity contribution in [2.24, 2.45) is 0 Å². The van der Waals surface area contributed by atoms with Gasteiger partial charge in [-0.2, -0.15) is 0 Å². The van der Waals surface area contributed by atoms with E-state index >= 15 is 4.39 Å². The number of carbonyl (C=O) groups is 2. The minimum absolute atomic E-state index is 0.179. The number of para-hydroxylation sites is 1. The summed E-state index contributed by atoms with van der Waals surface area (Å²) in [6.07, 6.45) is -1.22. The van der Waals surface area contributed by atoms with Gasteiger partial charge in [0.25, 0.3) is 11.1 Å². The number of rotatable bonds is 4. The summed E-state index contributed by atoms with van der Waals surface area (Å²) >= 11 is 5.08. The van der Waals surface area contributed by atoms with Crippen LogP contribution in [0.4, 0.5) is 20.6 Å². The maximum absolute atomic E-state index is 15.1. The van der Waals surface area contributed by atoms with Crippen LogP contribution in [0, 0.1) is 5.82 Å².